The molecule has 5 aliphatic rings. The standard InChI is InChI=1S/C28H22N2O3/c31-26(29-16-11-12-16)15-9-13-17(14-10-15)30-27(32)24-22-18-5-1-2-6-19(18)23(25(24)28(30)33)21-8-4-3-7-20(21)22/h1-10,13-14,16,22-25H,11-12H2,(H,29,31)/t22?,23?,24-,25+. The average Bonchev–Trinajstić information content (AvgIpc) is 3.63. The minimum Gasteiger partial charge on any atom is -0.349 e. The highest BCUT2D eigenvalue weighted by molar-refractivity contribution is 6.23. The summed E-state index contributed by atoms with van der Waals surface area (Å²) in [6, 6.07) is 23.6. The number of imide groups is 1. The van der Waals surface area contributed by atoms with Crippen LogP contribution in [0.2, 0.25) is 0 Å². The van der Waals surface area contributed by atoms with Gasteiger partial charge in [0.05, 0.1) is 17.5 Å². The Balaban J connectivity index is 1.29. The Bertz CT molecular complexity index is 1230. The Morgan fingerprint density at radius 1 is 0.697 bits per heavy atom. The van der Waals surface area contributed by atoms with Gasteiger partial charge in [0.2, 0.25) is 11.8 Å². The van der Waals surface area contributed by atoms with Crippen molar-refractivity contribution in [3.05, 3.63) is 101 Å². The van der Waals surface area contributed by atoms with Crippen LogP contribution in [0.5, 0.6) is 0 Å². The second kappa shape index (κ2) is 6.64. The van der Waals surface area contributed by atoms with Crippen molar-refractivity contribution in [2.24, 2.45) is 11.8 Å². The van der Waals surface area contributed by atoms with Crippen LogP contribution in [-0.2, 0) is 9.59 Å². The topological polar surface area (TPSA) is 66.5 Å². The highest BCUT2D eigenvalue weighted by Crippen LogP contribution is 2.61. The molecule has 4 aliphatic carbocycles. The Hall–Kier alpha value is -3.73. The molecule has 0 aromatic heterocycles. The van der Waals surface area contributed by atoms with Crippen molar-refractivity contribution in [3.8, 4) is 0 Å². The number of amides is 3. The van der Waals surface area contributed by atoms with E-state index < -0.39 is 11.8 Å². The number of rotatable bonds is 3. The highest BCUT2D eigenvalue weighted by Gasteiger charge is 2.61. The van der Waals surface area contributed by atoms with E-state index in [1.54, 1.807) is 24.3 Å². The zero-order valence-corrected chi connectivity index (χ0v) is 17.9. The second-order valence-electron chi connectivity index (χ2n) is 9.57. The molecule has 1 saturated carbocycles. The molecule has 0 radical (unpaired) electrons. The molecule has 3 aromatic rings. The fraction of sp³-hybridized carbons (Fsp3) is 0.250. The van der Waals surface area contributed by atoms with Gasteiger partial charge in [-0.2, -0.15) is 0 Å². The number of anilines is 1. The number of carbonyl (C=O) groups excluding carboxylic acids is 3. The normalized spacial score (nSPS) is 26.6. The van der Waals surface area contributed by atoms with Gasteiger partial charge < -0.3 is 5.32 Å². The fourth-order valence-corrected chi connectivity index (χ4v) is 6.19. The summed E-state index contributed by atoms with van der Waals surface area (Å²) in [6.07, 6.45) is 2.05. The van der Waals surface area contributed by atoms with Crippen LogP contribution < -0.4 is 10.2 Å². The van der Waals surface area contributed by atoms with Crippen molar-refractivity contribution in [2.45, 2.75) is 30.7 Å². The van der Waals surface area contributed by atoms with Crippen molar-refractivity contribution < 1.29 is 14.4 Å². The molecule has 2 fully saturated rings. The maximum absolute atomic E-state index is 13.8. The lowest BCUT2D eigenvalue weighted by Gasteiger charge is -2.45. The van der Waals surface area contributed by atoms with E-state index in [1.165, 1.54) is 4.90 Å². The molecule has 2 atom stereocenters. The first-order valence-corrected chi connectivity index (χ1v) is 11.6. The lowest BCUT2D eigenvalue weighted by Crippen LogP contribution is -2.41. The van der Waals surface area contributed by atoms with E-state index in [9.17, 15) is 14.4 Å². The molecular weight excluding hydrogens is 412 g/mol. The molecular formula is C28H22N2O3. The first kappa shape index (κ1) is 18.8. The fourth-order valence-electron chi connectivity index (χ4n) is 6.19. The van der Waals surface area contributed by atoms with Crippen LogP contribution in [0.3, 0.4) is 0 Å². The van der Waals surface area contributed by atoms with Gasteiger partial charge in [-0.25, -0.2) is 4.90 Å². The molecule has 1 heterocycles. The Kier molecular flexibility index (Phi) is 3.78. The summed E-state index contributed by atoms with van der Waals surface area (Å²) in [4.78, 5) is 41.2. The van der Waals surface area contributed by atoms with Crippen molar-refractivity contribution in [1.82, 2.24) is 5.32 Å². The third-order valence-electron chi connectivity index (χ3n) is 7.75. The summed E-state index contributed by atoms with van der Waals surface area (Å²) in [5, 5.41) is 2.97. The minimum atomic E-state index is -0.398. The van der Waals surface area contributed by atoms with E-state index >= 15 is 0 Å². The molecule has 1 saturated heterocycles. The van der Waals surface area contributed by atoms with Crippen LogP contribution in [-0.4, -0.2) is 23.8 Å². The predicted molar refractivity (Wildman–Crippen MR) is 123 cm³/mol. The van der Waals surface area contributed by atoms with E-state index in [0.717, 1.165) is 35.1 Å². The van der Waals surface area contributed by atoms with Crippen LogP contribution >= 0.6 is 0 Å². The lowest BCUT2D eigenvalue weighted by atomic mass is 9.55. The van der Waals surface area contributed by atoms with Crippen LogP contribution in [0.25, 0.3) is 0 Å². The molecule has 3 aromatic carbocycles. The summed E-state index contributed by atoms with van der Waals surface area (Å²) < 4.78 is 0. The van der Waals surface area contributed by atoms with Crippen LogP contribution in [0.15, 0.2) is 72.8 Å². The number of benzene rings is 3. The number of carbonyl (C=O) groups is 3. The monoisotopic (exact) mass is 434 g/mol. The quantitative estimate of drug-likeness (QED) is 0.635. The van der Waals surface area contributed by atoms with Crippen molar-refractivity contribution in [3.63, 3.8) is 0 Å². The van der Waals surface area contributed by atoms with Gasteiger partial charge >= 0.3 is 0 Å². The van der Waals surface area contributed by atoms with E-state index in [-0.39, 0.29) is 35.6 Å². The van der Waals surface area contributed by atoms with Crippen molar-refractivity contribution in [2.75, 3.05) is 4.90 Å². The van der Waals surface area contributed by atoms with Crippen LogP contribution in [0, 0.1) is 11.8 Å². The summed E-state index contributed by atoms with van der Waals surface area (Å²) in [6.45, 7) is 0. The number of hydrogen-bond donors (Lipinski definition) is 1. The van der Waals surface area contributed by atoms with Crippen molar-refractivity contribution in [1.29, 1.82) is 0 Å². The molecule has 5 heteroatoms. The van der Waals surface area contributed by atoms with Gasteiger partial charge in [-0.15, -0.1) is 0 Å². The molecule has 1 N–H and O–H groups in total. The molecule has 162 valence electrons. The van der Waals surface area contributed by atoms with E-state index in [1.807, 2.05) is 24.3 Å². The van der Waals surface area contributed by atoms with E-state index in [4.69, 9.17) is 0 Å². The zero-order chi connectivity index (χ0) is 22.3. The SMILES string of the molecule is O=C(NC1CC1)c1ccc(N2C(=O)[C@@H]3C4c5ccccc5C(c5ccccc54)[C@@H]3C2=O)cc1. The summed E-state index contributed by atoms with van der Waals surface area (Å²) in [7, 11) is 0. The zero-order valence-electron chi connectivity index (χ0n) is 17.9. The Morgan fingerprint density at radius 2 is 1.15 bits per heavy atom. The van der Waals surface area contributed by atoms with Gasteiger partial charge in [-0.3, -0.25) is 14.4 Å². The first-order valence-electron chi connectivity index (χ1n) is 11.6. The molecule has 0 spiro atoms. The summed E-state index contributed by atoms with van der Waals surface area (Å²) >= 11 is 0. The maximum Gasteiger partial charge on any atom is 0.251 e. The van der Waals surface area contributed by atoms with Crippen molar-refractivity contribution >= 4 is 23.4 Å². The number of nitrogens with zero attached hydrogens (tertiary/aromatic N) is 1. The second-order valence-corrected chi connectivity index (χ2v) is 9.57. The Morgan fingerprint density at radius 3 is 1.58 bits per heavy atom. The van der Waals surface area contributed by atoms with E-state index in [2.05, 4.69) is 29.6 Å². The molecule has 0 unspecified atom stereocenters. The molecule has 8 rings (SSSR count). The summed E-state index contributed by atoms with van der Waals surface area (Å²) in [5.41, 5.74) is 5.74. The van der Waals surface area contributed by atoms with Gasteiger partial charge in [0.1, 0.15) is 0 Å². The van der Waals surface area contributed by atoms with Gasteiger partial charge in [0.25, 0.3) is 5.91 Å². The molecule has 1 aliphatic heterocycles. The average molecular weight is 434 g/mol. The maximum atomic E-state index is 13.8. The predicted octanol–water partition coefficient (Wildman–Crippen LogP) is 3.98. The first-order chi connectivity index (χ1) is 16.1. The van der Waals surface area contributed by atoms with Gasteiger partial charge in [0, 0.05) is 23.4 Å². The number of hydrogen-bond acceptors (Lipinski definition) is 3. The molecule has 5 nitrogen and oxygen atoms in total. The third kappa shape index (κ3) is 2.56. The summed E-state index contributed by atoms with van der Waals surface area (Å²) in [5.74, 6) is -1.41. The molecule has 3 amide bonds. The minimum absolute atomic E-state index is 0.110. The number of nitrogens with one attached hydrogen (secondary N) is 1. The largest absolute Gasteiger partial charge is 0.349 e. The van der Waals surface area contributed by atoms with E-state index in [0.29, 0.717) is 11.3 Å². The third-order valence-corrected chi connectivity index (χ3v) is 7.75. The molecule has 33 heavy (non-hydrogen) atoms. The van der Waals surface area contributed by atoms with Crippen LogP contribution in [0.1, 0.15) is 57.3 Å². The van der Waals surface area contributed by atoms with Gasteiger partial charge in [-0.1, -0.05) is 48.5 Å². The highest BCUT2D eigenvalue weighted by atomic mass is 16.2. The Labute approximate surface area is 191 Å². The lowest BCUT2D eigenvalue weighted by molar-refractivity contribution is -0.122. The van der Waals surface area contributed by atoms with Crippen LogP contribution in [0.4, 0.5) is 5.69 Å². The molecule has 2 bridgehead atoms. The smallest absolute Gasteiger partial charge is 0.251 e. The van der Waals surface area contributed by atoms with Gasteiger partial charge in [-0.05, 0) is 59.4 Å². The van der Waals surface area contributed by atoms with Gasteiger partial charge in [0.15, 0.2) is 0 Å².